The fourth-order valence-corrected chi connectivity index (χ4v) is 4.14. The van der Waals surface area contributed by atoms with E-state index >= 15 is 0 Å². The van der Waals surface area contributed by atoms with Crippen LogP contribution < -0.4 is 4.90 Å². The summed E-state index contributed by atoms with van der Waals surface area (Å²) in [4.78, 5) is 15.1. The van der Waals surface area contributed by atoms with Crippen molar-refractivity contribution in [1.82, 2.24) is 0 Å². The molecule has 112 valence electrons. The second-order valence-electron chi connectivity index (χ2n) is 6.73. The molecular formula is C19H21NOSi. The third kappa shape index (κ3) is 2.77. The van der Waals surface area contributed by atoms with Gasteiger partial charge in [0.25, 0.3) is 0 Å². The van der Waals surface area contributed by atoms with Crippen LogP contribution in [-0.2, 0) is 11.3 Å². The lowest BCUT2D eigenvalue weighted by molar-refractivity contribution is -0.114. The van der Waals surface area contributed by atoms with E-state index in [1.54, 1.807) is 0 Å². The van der Waals surface area contributed by atoms with Gasteiger partial charge in [0.15, 0.2) is 0 Å². The van der Waals surface area contributed by atoms with Crippen molar-refractivity contribution in [2.75, 3.05) is 4.90 Å². The minimum Gasteiger partial charge on any atom is -0.305 e. The molecule has 0 saturated carbocycles. The lowest BCUT2D eigenvalue weighted by Gasteiger charge is -2.27. The molecule has 1 aliphatic heterocycles. The van der Waals surface area contributed by atoms with E-state index in [-0.39, 0.29) is 5.91 Å². The summed E-state index contributed by atoms with van der Waals surface area (Å²) in [5, 5.41) is 0.987. The van der Waals surface area contributed by atoms with E-state index in [0.29, 0.717) is 6.54 Å². The summed E-state index contributed by atoms with van der Waals surface area (Å²) in [6, 6.07) is 18.3. The summed E-state index contributed by atoms with van der Waals surface area (Å²) in [7, 11) is -1.72. The van der Waals surface area contributed by atoms with Gasteiger partial charge in [0, 0.05) is 10.9 Å². The van der Waals surface area contributed by atoms with Gasteiger partial charge >= 0.3 is 0 Å². The molecule has 2 aromatic carbocycles. The number of anilines is 1. The third-order valence-corrected chi connectivity index (χ3v) is 6.01. The first kappa shape index (κ1) is 14.8. The first-order chi connectivity index (χ1) is 10.5. The van der Waals surface area contributed by atoms with E-state index in [1.165, 1.54) is 11.1 Å². The molecule has 0 aliphatic carbocycles. The zero-order valence-corrected chi connectivity index (χ0v) is 14.3. The van der Waals surface area contributed by atoms with Gasteiger partial charge in [-0.05, 0) is 29.3 Å². The second kappa shape index (κ2) is 5.58. The number of fused-ring (bicyclic) bond motifs is 1. The van der Waals surface area contributed by atoms with Crippen molar-refractivity contribution in [3.05, 3.63) is 70.9 Å². The Balaban J connectivity index is 2.16. The summed E-state index contributed by atoms with van der Waals surface area (Å²) in [5.74, 6) is 0.154. The van der Waals surface area contributed by atoms with Crippen LogP contribution in [0.1, 0.15) is 11.1 Å². The average Bonchev–Trinajstić information content (AvgIpc) is 2.65. The number of benzene rings is 2. The van der Waals surface area contributed by atoms with E-state index in [1.807, 2.05) is 47.4 Å². The molecular weight excluding hydrogens is 286 g/mol. The third-order valence-electron chi connectivity index (χ3n) is 4.03. The Morgan fingerprint density at radius 2 is 1.55 bits per heavy atom. The van der Waals surface area contributed by atoms with Gasteiger partial charge in [-0.3, -0.25) is 4.79 Å². The highest BCUT2D eigenvalue weighted by Gasteiger charge is 2.32. The normalized spacial score (nSPS) is 15.1. The minimum absolute atomic E-state index is 0.154. The highest BCUT2D eigenvalue weighted by atomic mass is 28.3. The maximum Gasteiger partial charge on any atom is 0.250 e. The van der Waals surface area contributed by atoms with E-state index in [2.05, 4.69) is 37.8 Å². The Bertz CT molecular complexity index is 729. The van der Waals surface area contributed by atoms with Gasteiger partial charge in [0.1, 0.15) is 0 Å². The minimum atomic E-state index is -1.72. The number of amides is 1. The smallest absolute Gasteiger partial charge is 0.250 e. The molecule has 0 saturated heterocycles. The molecule has 22 heavy (non-hydrogen) atoms. The van der Waals surface area contributed by atoms with Gasteiger partial charge in [-0.25, -0.2) is 0 Å². The number of nitrogens with zero attached hydrogens (tertiary/aromatic N) is 1. The Morgan fingerprint density at radius 3 is 2.23 bits per heavy atom. The maximum absolute atomic E-state index is 13.2. The number of rotatable bonds is 2. The van der Waals surface area contributed by atoms with Crippen molar-refractivity contribution in [2.24, 2.45) is 0 Å². The summed E-state index contributed by atoms with van der Waals surface area (Å²) in [6.07, 6.45) is 2.12. The lowest BCUT2D eigenvalue weighted by Crippen LogP contribution is -2.39. The molecule has 0 bridgehead atoms. The number of para-hydroxylation sites is 1. The van der Waals surface area contributed by atoms with Crippen molar-refractivity contribution < 1.29 is 4.79 Å². The second-order valence-corrected chi connectivity index (χ2v) is 11.8. The molecule has 1 aliphatic rings. The first-order valence-electron chi connectivity index (χ1n) is 7.64. The van der Waals surface area contributed by atoms with Crippen LogP contribution >= 0.6 is 0 Å². The van der Waals surface area contributed by atoms with E-state index in [4.69, 9.17) is 0 Å². The van der Waals surface area contributed by atoms with Crippen LogP contribution in [-0.4, -0.2) is 14.0 Å². The molecule has 0 aromatic heterocycles. The molecule has 1 amide bonds. The van der Waals surface area contributed by atoms with Gasteiger partial charge in [-0.1, -0.05) is 62.1 Å². The largest absolute Gasteiger partial charge is 0.305 e. The van der Waals surface area contributed by atoms with Gasteiger partial charge in [0.05, 0.1) is 14.6 Å². The Labute approximate surface area is 133 Å². The monoisotopic (exact) mass is 307 g/mol. The van der Waals surface area contributed by atoms with E-state index in [9.17, 15) is 4.79 Å². The van der Waals surface area contributed by atoms with E-state index in [0.717, 1.165) is 10.9 Å². The molecule has 1 heterocycles. The van der Waals surface area contributed by atoms with Crippen molar-refractivity contribution in [2.45, 2.75) is 26.2 Å². The molecule has 0 spiro atoms. The number of hydrogen-bond donors (Lipinski definition) is 0. The fourth-order valence-electron chi connectivity index (χ4n) is 2.78. The van der Waals surface area contributed by atoms with Crippen LogP contribution in [0.15, 0.2) is 59.8 Å². The first-order valence-corrected chi connectivity index (χ1v) is 11.1. The molecule has 3 heteroatoms. The molecule has 2 nitrogen and oxygen atoms in total. The maximum atomic E-state index is 13.2. The molecule has 0 N–H and O–H groups in total. The van der Waals surface area contributed by atoms with Crippen LogP contribution in [0, 0.1) is 0 Å². The zero-order chi connectivity index (χ0) is 15.7. The summed E-state index contributed by atoms with van der Waals surface area (Å²) >= 11 is 0. The predicted molar refractivity (Wildman–Crippen MR) is 95.4 cm³/mol. The van der Waals surface area contributed by atoms with Crippen molar-refractivity contribution in [1.29, 1.82) is 0 Å². The molecule has 2 aromatic rings. The summed E-state index contributed by atoms with van der Waals surface area (Å²) in [5.41, 5.74) is 3.34. The molecule has 0 atom stereocenters. The standard InChI is InChI=1S/C19H21NOSi/c1-22(2,3)18-13-15-9-7-8-10-16(15)14-20(19(18)21)17-11-5-4-6-12-17/h4-13H,14H2,1-3H3. The molecule has 3 rings (SSSR count). The lowest BCUT2D eigenvalue weighted by atomic mass is 10.1. The summed E-state index contributed by atoms with van der Waals surface area (Å²) in [6.45, 7) is 7.32. The molecule has 0 unspecified atom stereocenters. The average molecular weight is 307 g/mol. The van der Waals surface area contributed by atoms with Crippen molar-refractivity contribution >= 4 is 25.7 Å². The predicted octanol–water partition coefficient (Wildman–Crippen LogP) is 4.49. The zero-order valence-electron chi connectivity index (χ0n) is 13.3. The Morgan fingerprint density at radius 1 is 0.909 bits per heavy atom. The molecule has 0 radical (unpaired) electrons. The Kier molecular flexibility index (Phi) is 3.75. The number of carbonyl (C=O) groups excluding carboxylic acids is 1. The van der Waals surface area contributed by atoms with Crippen LogP contribution in [0.3, 0.4) is 0 Å². The van der Waals surface area contributed by atoms with Crippen LogP contribution in [0.25, 0.3) is 6.08 Å². The van der Waals surface area contributed by atoms with Gasteiger partial charge in [-0.15, -0.1) is 0 Å². The highest BCUT2D eigenvalue weighted by molar-refractivity contribution is 6.88. The van der Waals surface area contributed by atoms with Crippen molar-refractivity contribution in [3.8, 4) is 0 Å². The van der Waals surface area contributed by atoms with Gasteiger partial charge in [0.2, 0.25) is 5.91 Å². The SMILES string of the molecule is C[Si](C)(C)C1=Cc2ccccc2CN(c2ccccc2)C1=O. The number of hydrogen-bond acceptors (Lipinski definition) is 1. The van der Waals surface area contributed by atoms with Crippen LogP contribution in [0.4, 0.5) is 5.69 Å². The van der Waals surface area contributed by atoms with Crippen LogP contribution in [0.5, 0.6) is 0 Å². The van der Waals surface area contributed by atoms with Crippen molar-refractivity contribution in [3.63, 3.8) is 0 Å². The molecule has 0 fully saturated rings. The van der Waals surface area contributed by atoms with Crippen LogP contribution in [0.2, 0.25) is 19.6 Å². The fraction of sp³-hybridized carbons (Fsp3) is 0.211. The highest BCUT2D eigenvalue weighted by Crippen LogP contribution is 2.30. The van der Waals surface area contributed by atoms with Gasteiger partial charge < -0.3 is 4.90 Å². The summed E-state index contributed by atoms with van der Waals surface area (Å²) < 4.78 is 0. The van der Waals surface area contributed by atoms with E-state index < -0.39 is 8.07 Å². The quantitative estimate of drug-likeness (QED) is 0.748. The number of carbonyl (C=O) groups is 1. The Hall–Kier alpha value is -2.13. The van der Waals surface area contributed by atoms with Gasteiger partial charge in [-0.2, -0.15) is 0 Å². The topological polar surface area (TPSA) is 20.3 Å².